The molecule has 0 saturated heterocycles. The van der Waals surface area contributed by atoms with Crippen LogP contribution >= 0.6 is 23.5 Å². The van der Waals surface area contributed by atoms with Gasteiger partial charge in [0.15, 0.2) is 11.0 Å². The number of hydrogen-bond donors (Lipinski definition) is 2. The first-order valence-electron chi connectivity index (χ1n) is 14.2. The van der Waals surface area contributed by atoms with Crippen LogP contribution in [0.25, 0.3) is 0 Å². The summed E-state index contributed by atoms with van der Waals surface area (Å²) in [5.74, 6) is 4.14. The van der Waals surface area contributed by atoms with E-state index >= 15 is 0 Å². The molecule has 0 fully saturated rings. The number of carbonyl (C=O) groups excluding carboxylic acids is 2. The average Bonchev–Trinajstić information content (AvgIpc) is 3.04. The predicted molar refractivity (Wildman–Crippen MR) is 165 cm³/mol. The van der Waals surface area contributed by atoms with Gasteiger partial charge in [-0.1, -0.05) is 90.4 Å². The van der Waals surface area contributed by atoms with Gasteiger partial charge in [0.25, 0.3) is 0 Å². The van der Waals surface area contributed by atoms with Gasteiger partial charge >= 0.3 is 11.9 Å². The Morgan fingerprint density at radius 1 is 0.884 bits per heavy atom. The summed E-state index contributed by atoms with van der Waals surface area (Å²) in [7, 11) is 2.41. The molecule has 6 rings (SSSR count). The molecule has 6 nitrogen and oxygen atoms in total. The van der Waals surface area contributed by atoms with Crippen molar-refractivity contribution in [1.29, 1.82) is 0 Å². The Morgan fingerprint density at radius 2 is 1.44 bits per heavy atom. The second kappa shape index (κ2) is 11.5. The lowest BCUT2D eigenvalue weighted by Crippen LogP contribution is -2.48. The second-order valence-corrected chi connectivity index (χ2v) is 13.5. The Labute approximate surface area is 259 Å². The molecule has 43 heavy (non-hydrogen) atoms. The number of methoxy groups -OCH3 is 2. The summed E-state index contributed by atoms with van der Waals surface area (Å²) >= 11 is 3.26. The van der Waals surface area contributed by atoms with E-state index in [4.69, 9.17) is 9.47 Å². The van der Waals surface area contributed by atoms with Crippen molar-refractivity contribution in [2.75, 3.05) is 14.2 Å². The monoisotopic (exact) mass is 612 g/mol. The molecular weight excluding hydrogens is 581 g/mol. The molecule has 2 aliphatic heterocycles. The number of ether oxygens (including phenoxy) is 2. The first-order valence-corrected chi connectivity index (χ1v) is 15.9. The molecule has 0 radical (unpaired) electrons. The van der Waals surface area contributed by atoms with Crippen molar-refractivity contribution in [1.82, 2.24) is 0 Å². The summed E-state index contributed by atoms with van der Waals surface area (Å²) < 4.78 is 10.4. The van der Waals surface area contributed by atoms with Crippen LogP contribution in [0.3, 0.4) is 0 Å². The van der Waals surface area contributed by atoms with E-state index in [0.29, 0.717) is 16.7 Å². The lowest BCUT2D eigenvalue weighted by Gasteiger charge is -2.43. The Hall–Kier alpha value is -3.48. The van der Waals surface area contributed by atoms with Crippen LogP contribution in [0.2, 0.25) is 0 Å². The van der Waals surface area contributed by atoms with E-state index in [1.807, 2.05) is 66.7 Å². The van der Waals surface area contributed by atoms with E-state index in [2.05, 4.69) is 17.9 Å². The summed E-state index contributed by atoms with van der Waals surface area (Å²) in [6.07, 6.45) is 5.23. The van der Waals surface area contributed by atoms with Gasteiger partial charge in [-0.2, -0.15) is 0 Å². The van der Waals surface area contributed by atoms with Crippen molar-refractivity contribution >= 4 is 35.5 Å². The van der Waals surface area contributed by atoms with E-state index in [1.54, 1.807) is 23.9 Å². The zero-order valence-electron chi connectivity index (χ0n) is 23.9. The van der Waals surface area contributed by atoms with Crippen LogP contribution in [0.4, 0.5) is 0 Å². The quantitative estimate of drug-likeness (QED) is 0.161. The molecular formula is C35H32O6S2. The summed E-state index contributed by atoms with van der Waals surface area (Å²) in [5, 5.41) is 24.9. The fourth-order valence-electron chi connectivity index (χ4n) is 6.57. The molecule has 2 heterocycles. The van der Waals surface area contributed by atoms with Crippen molar-refractivity contribution in [3.63, 3.8) is 0 Å². The zero-order chi connectivity index (χ0) is 30.2. The number of carbonyl (C=O) groups is 2. The van der Waals surface area contributed by atoms with Crippen molar-refractivity contribution in [2.24, 2.45) is 11.3 Å². The van der Waals surface area contributed by atoms with E-state index < -0.39 is 28.6 Å². The number of aliphatic hydroxyl groups is 2. The lowest BCUT2D eigenvalue weighted by atomic mass is 9.69. The lowest BCUT2D eigenvalue weighted by molar-refractivity contribution is -0.173. The Bertz CT molecular complexity index is 1610. The van der Waals surface area contributed by atoms with Gasteiger partial charge in [0.05, 0.1) is 14.2 Å². The normalized spacial score (nSPS) is 22.9. The molecule has 2 N–H and O–H groups in total. The summed E-state index contributed by atoms with van der Waals surface area (Å²) in [6.45, 7) is 0. The minimum atomic E-state index is -1.99. The number of fused-ring (bicyclic) bond motifs is 4. The number of thioether (sulfide) groups is 1. The van der Waals surface area contributed by atoms with Crippen molar-refractivity contribution < 1.29 is 29.3 Å². The van der Waals surface area contributed by atoms with Gasteiger partial charge < -0.3 is 19.7 Å². The molecule has 3 aromatic rings. The topological polar surface area (TPSA) is 93.1 Å². The zero-order valence-corrected chi connectivity index (χ0v) is 25.5. The van der Waals surface area contributed by atoms with Gasteiger partial charge in [-0.05, 0) is 31.0 Å². The summed E-state index contributed by atoms with van der Waals surface area (Å²) in [4.78, 5) is 30.0. The number of allylic oxidation sites excluding steroid dienone is 1. The minimum Gasteiger partial charge on any atom is -0.468 e. The van der Waals surface area contributed by atoms with E-state index in [9.17, 15) is 19.8 Å². The fraction of sp³-hybridized carbons (Fsp3) is 0.314. The van der Waals surface area contributed by atoms with Gasteiger partial charge in [0, 0.05) is 55.4 Å². The molecule has 1 aliphatic carbocycles. The third-order valence-electron chi connectivity index (χ3n) is 8.68. The fourth-order valence-corrected chi connectivity index (χ4v) is 9.31. The third kappa shape index (κ3) is 4.89. The Morgan fingerprint density at radius 3 is 2.05 bits per heavy atom. The maximum absolute atomic E-state index is 13.7. The standard InChI is InChI=1S/C35H32O6S2/c1-40-31(36)33(32(37)41-2,22-35(39)25-14-5-9-18-29(25)43-30-19-10-6-15-26(30)35)20-11-21-34(38)23-12-3-7-16-27(23)42-28-17-8-4-13-24(28)34/h3-7,9-10,12-16,18-19,24,28,38-39H,8,17,20,22H2,1-2H3. The summed E-state index contributed by atoms with van der Waals surface area (Å²) in [5.41, 5.74) is -3.39. The van der Waals surface area contributed by atoms with Crippen LogP contribution < -0.4 is 0 Å². The molecule has 3 unspecified atom stereocenters. The first-order chi connectivity index (χ1) is 20.8. The van der Waals surface area contributed by atoms with E-state index in [-0.39, 0.29) is 24.0 Å². The highest BCUT2D eigenvalue weighted by molar-refractivity contribution is 8.00. The molecule has 0 aromatic heterocycles. The van der Waals surface area contributed by atoms with Crippen LogP contribution in [0.1, 0.15) is 42.4 Å². The number of esters is 2. The second-order valence-electron chi connectivity index (χ2n) is 11.1. The van der Waals surface area contributed by atoms with Crippen LogP contribution in [-0.4, -0.2) is 41.6 Å². The maximum atomic E-state index is 13.7. The molecule has 3 aromatic carbocycles. The highest BCUT2D eigenvalue weighted by Crippen LogP contribution is 2.54. The highest BCUT2D eigenvalue weighted by atomic mass is 32.2. The van der Waals surface area contributed by atoms with Crippen LogP contribution in [0.15, 0.2) is 99.6 Å². The van der Waals surface area contributed by atoms with Crippen molar-refractivity contribution in [2.45, 2.75) is 56.8 Å². The van der Waals surface area contributed by atoms with Crippen LogP contribution in [0.5, 0.6) is 0 Å². The van der Waals surface area contributed by atoms with Crippen molar-refractivity contribution in [3.05, 3.63) is 102 Å². The van der Waals surface area contributed by atoms with Gasteiger partial charge in [-0.3, -0.25) is 9.59 Å². The summed E-state index contributed by atoms with van der Waals surface area (Å²) in [6, 6.07) is 22.5. The number of rotatable bonds is 5. The third-order valence-corrected chi connectivity index (χ3v) is 11.3. The molecule has 0 saturated carbocycles. The van der Waals surface area contributed by atoms with E-state index in [1.165, 1.54) is 26.0 Å². The van der Waals surface area contributed by atoms with Gasteiger partial charge in [-0.25, -0.2) is 0 Å². The highest BCUT2D eigenvalue weighted by Gasteiger charge is 2.56. The average molecular weight is 613 g/mol. The molecule has 3 aliphatic rings. The molecule has 0 spiro atoms. The van der Waals surface area contributed by atoms with Crippen LogP contribution in [0, 0.1) is 23.2 Å². The van der Waals surface area contributed by atoms with E-state index in [0.717, 1.165) is 27.5 Å². The first kappa shape index (κ1) is 29.6. The van der Waals surface area contributed by atoms with Gasteiger partial charge in [0.2, 0.25) is 0 Å². The van der Waals surface area contributed by atoms with Gasteiger partial charge in [0.1, 0.15) is 5.60 Å². The molecule has 8 heteroatoms. The molecule has 3 atom stereocenters. The minimum absolute atomic E-state index is 0.138. The SMILES string of the molecule is COC(=O)C(CC#CC1(O)c2ccccc2SC2CCC=CC21)(CC1(O)c2ccccc2Sc2ccccc21)C(=O)OC. The maximum Gasteiger partial charge on any atom is 0.324 e. The molecule has 220 valence electrons. The smallest absolute Gasteiger partial charge is 0.324 e. The van der Waals surface area contributed by atoms with Crippen molar-refractivity contribution in [3.8, 4) is 11.8 Å². The Balaban J connectivity index is 1.47. The number of hydrogen-bond acceptors (Lipinski definition) is 8. The molecule has 0 amide bonds. The largest absolute Gasteiger partial charge is 0.468 e. The predicted octanol–water partition coefficient (Wildman–Crippen LogP) is 5.83. The molecule has 0 bridgehead atoms. The van der Waals surface area contributed by atoms with Crippen LogP contribution in [-0.2, 0) is 30.3 Å². The Kier molecular flexibility index (Phi) is 7.95. The number of benzene rings is 3. The van der Waals surface area contributed by atoms with Gasteiger partial charge in [-0.15, -0.1) is 11.8 Å².